The Hall–Kier alpha value is -1.88. The van der Waals surface area contributed by atoms with Crippen LogP contribution < -0.4 is 0 Å². The third-order valence-corrected chi connectivity index (χ3v) is 11.9. The highest BCUT2D eigenvalue weighted by molar-refractivity contribution is 5.70. The van der Waals surface area contributed by atoms with Gasteiger partial charge in [0.2, 0.25) is 0 Å². The summed E-state index contributed by atoms with van der Waals surface area (Å²) in [5, 5.41) is 9.60. The predicted octanol–water partition coefficient (Wildman–Crippen LogP) is 17.5. The molecule has 0 bridgehead atoms. The lowest BCUT2D eigenvalue weighted by molar-refractivity contribution is -0.161. The van der Waals surface area contributed by atoms with Crippen molar-refractivity contribution < 1.29 is 24.2 Å². The van der Waals surface area contributed by atoms with Crippen LogP contribution in [-0.2, 0) is 19.1 Å². The molecule has 1 N–H and O–H groups in total. The maximum absolute atomic E-state index is 12.3. The molecule has 0 aliphatic rings. The lowest BCUT2D eigenvalue weighted by Gasteiger charge is -2.15. The number of unbranched alkanes of at least 4 members (excludes halogenated alkanes) is 35. The number of aliphatic hydroxyl groups is 1. The fourth-order valence-corrected chi connectivity index (χ4v) is 7.88. The van der Waals surface area contributed by atoms with Gasteiger partial charge in [-0.25, -0.2) is 0 Å². The summed E-state index contributed by atoms with van der Waals surface area (Å²) >= 11 is 0. The van der Waals surface area contributed by atoms with Crippen molar-refractivity contribution in [2.75, 3.05) is 13.2 Å². The zero-order valence-electron chi connectivity index (χ0n) is 40.2. The molecule has 5 nitrogen and oxygen atoms in total. The quantitative estimate of drug-likeness (QED) is 0.0375. The van der Waals surface area contributed by atoms with Gasteiger partial charge >= 0.3 is 11.9 Å². The van der Waals surface area contributed by atoms with Crippen molar-refractivity contribution in [2.45, 2.75) is 290 Å². The van der Waals surface area contributed by atoms with Crippen LogP contribution in [0.5, 0.6) is 0 Å². The number of esters is 2. The first kappa shape index (κ1) is 58.1. The maximum atomic E-state index is 12.3. The molecule has 0 rings (SSSR count). The number of aliphatic hydroxyl groups excluding tert-OH is 1. The summed E-state index contributed by atoms with van der Waals surface area (Å²) in [6.07, 6.45) is 65.5. The average molecular weight is 843 g/mol. The van der Waals surface area contributed by atoms with Gasteiger partial charge in [0.15, 0.2) is 6.10 Å². The van der Waals surface area contributed by atoms with E-state index < -0.39 is 6.10 Å². The number of carbonyl (C=O) groups is 2. The van der Waals surface area contributed by atoms with Crippen LogP contribution in [0.3, 0.4) is 0 Å². The molecule has 0 spiro atoms. The van der Waals surface area contributed by atoms with Crippen LogP contribution in [0.4, 0.5) is 0 Å². The van der Waals surface area contributed by atoms with Crippen molar-refractivity contribution in [2.24, 2.45) is 0 Å². The van der Waals surface area contributed by atoms with Gasteiger partial charge in [0.25, 0.3) is 0 Å². The molecule has 1 atom stereocenters. The number of carbonyl (C=O) groups excluding carboxylic acids is 2. The maximum Gasteiger partial charge on any atom is 0.306 e. The van der Waals surface area contributed by atoms with Crippen molar-refractivity contribution in [3.8, 4) is 0 Å². The zero-order chi connectivity index (χ0) is 43.5. The Labute approximate surface area is 374 Å². The number of allylic oxidation sites excluding steroid dienone is 6. The van der Waals surface area contributed by atoms with Gasteiger partial charge in [-0.05, 0) is 70.6 Å². The van der Waals surface area contributed by atoms with Gasteiger partial charge in [0, 0.05) is 12.8 Å². The van der Waals surface area contributed by atoms with Gasteiger partial charge in [0.05, 0.1) is 6.61 Å². The molecule has 60 heavy (non-hydrogen) atoms. The Morgan fingerprint density at radius 1 is 0.383 bits per heavy atom. The standard InChI is InChI=1S/C55H102O5/c1-3-5-7-9-11-13-15-17-18-19-20-21-22-23-24-25-26-27-28-29-30-31-32-33-34-35-36-38-40-42-44-46-48-50-55(58)60-53(51-56)52-59-54(57)49-47-45-43-41-39-37-16-14-12-10-8-6-4-2/h14-17,19-20,53,56H,3-13,18,21-52H2,1-2H3/b16-14-,17-15-,20-19-. The van der Waals surface area contributed by atoms with Crippen molar-refractivity contribution in [1.82, 2.24) is 0 Å². The number of ether oxygens (including phenoxy) is 2. The van der Waals surface area contributed by atoms with Crippen LogP contribution >= 0.6 is 0 Å². The van der Waals surface area contributed by atoms with Crippen LogP contribution in [0.15, 0.2) is 36.5 Å². The largest absolute Gasteiger partial charge is 0.462 e. The Balaban J connectivity index is 3.40. The molecule has 0 fully saturated rings. The van der Waals surface area contributed by atoms with Crippen molar-refractivity contribution >= 4 is 11.9 Å². The van der Waals surface area contributed by atoms with Crippen molar-refractivity contribution in [3.63, 3.8) is 0 Å². The summed E-state index contributed by atoms with van der Waals surface area (Å²) in [5.74, 6) is -0.589. The summed E-state index contributed by atoms with van der Waals surface area (Å²) in [7, 11) is 0. The van der Waals surface area contributed by atoms with Gasteiger partial charge in [-0.2, -0.15) is 0 Å². The SMILES string of the molecule is CCCCCC/C=C\CCCCCCCC(=O)OCC(CO)OC(=O)CCCCCCCCCCCCCCCCCCCCCCC/C=C\C/C=C\CCCCCCC. The Kier molecular flexibility index (Phi) is 49.9. The van der Waals surface area contributed by atoms with Gasteiger partial charge in [0.1, 0.15) is 6.61 Å². The first-order chi connectivity index (χ1) is 29.6. The Morgan fingerprint density at radius 2 is 0.667 bits per heavy atom. The highest BCUT2D eigenvalue weighted by atomic mass is 16.6. The summed E-state index contributed by atoms with van der Waals surface area (Å²) in [6.45, 7) is 4.13. The second kappa shape index (κ2) is 51.5. The molecule has 5 heteroatoms. The molecule has 0 aromatic heterocycles. The molecule has 352 valence electrons. The van der Waals surface area contributed by atoms with Crippen LogP contribution in [0, 0.1) is 0 Å². The van der Waals surface area contributed by atoms with Crippen molar-refractivity contribution in [1.29, 1.82) is 0 Å². The molecule has 0 aliphatic carbocycles. The minimum atomic E-state index is -0.772. The van der Waals surface area contributed by atoms with E-state index in [-0.39, 0.29) is 25.2 Å². The fraction of sp³-hybridized carbons (Fsp3) is 0.855. The van der Waals surface area contributed by atoms with E-state index in [2.05, 4.69) is 50.3 Å². The molecular formula is C55H102O5. The van der Waals surface area contributed by atoms with Crippen LogP contribution in [0.2, 0.25) is 0 Å². The minimum absolute atomic E-state index is 0.0662. The molecule has 1 unspecified atom stereocenters. The van der Waals surface area contributed by atoms with Crippen LogP contribution in [-0.4, -0.2) is 36.4 Å². The summed E-state index contributed by atoms with van der Waals surface area (Å²) in [4.78, 5) is 24.4. The average Bonchev–Trinajstić information content (AvgIpc) is 3.25. The molecule has 0 radical (unpaired) electrons. The topological polar surface area (TPSA) is 72.8 Å². The van der Waals surface area contributed by atoms with Gasteiger partial charge in [-0.3, -0.25) is 9.59 Å². The zero-order valence-corrected chi connectivity index (χ0v) is 40.2. The molecule has 0 heterocycles. The summed E-state index contributed by atoms with van der Waals surface area (Å²) in [6, 6.07) is 0. The lowest BCUT2D eigenvalue weighted by atomic mass is 10.0. The van der Waals surface area contributed by atoms with Gasteiger partial charge < -0.3 is 14.6 Å². The first-order valence-electron chi connectivity index (χ1n) is 26.5. The smallest absolute Gasteiger partial charge is 0.306 e. The third-order valence-electron chi connectivity index (χ3n) is 11.9. The van der Waals surface area contributed by atoms with E-state index in [1.54, 1.807) is 0 Å². The number of hydrogen-bond acceptors (Lipinski definition) is 5. The molecule has 0 saturated heterocycles. The highest BCUT2D eigenvalue weighted by Crippen LogP contribution is 2.16. The van der Waals surface area contributed by atoms with E-state index in [0.29, 0.717) is 12.8 Å². The Bertz CT molecular complexity index is 955. The second-order valence-corrected chi connectivity index (χ2v) is 17.9. The van der Waals surface area contributed by atoms with E-state index in [9.17, 15) is 14.7 Å². The van der Waals surface area contributed by atoms with E-state index in [0.717, 1.165) is 51.4 Å². The van der Waals surface area contributed by atoms with Crippen LogP contribution in [0.1, 0.15) is 284 Å². The number of rotatable bonds is 49. The van der Waals surface area contributed by atoms with E-state index in [1.807, 2.05) is 0 Å². The summed E-state index contributed by atoms with van der Waals surface area (Å²) in [5.41, 5.74) is 0. The van der Waals surface area contributed by atoms with E-state index in [4.69, 9.17) is 9.47 Å². The van der Waals surface area contributed by atoms with Gasteiger partial charge in [-0.1, -0.05) is 237 Å². The monoisotopic (exact) mass is 843 g/mol. The van der Waals surface area contributed by atoms with E-state index >= 15 is 0 Å². The first-order valence-corrected chi connectivity index (χ1v) is 26.5. The number of hydrogen-bond donors (Lipinski definition) is 1. The van der Waals surface area contributed by atoms with E-state index in [1.165, 1.54) is 205 Å². The third kappa shape index (κ3) is 48.8. The molecule has 0 aromatic carbocycles. The molecular weight excluding hydrogens is 741 g/mol. The molecule has 0 aromatic rings. The summed E-state index contributed by atoms with van der Waals surface area (Å²) < 4.78 is 10.7. The lowest BCUT2D eigenvalue weighted by Crippen LogP contribution is -2.28. The second-order valence-electron chi connectivity index (χ2n) is 17.9. The predicted molar refractivity (Wildman–Crippen MR) is 261 cm³/mol. The Morgan fingerprint density at radius 3 is 1.02 bits per heavy atom. The highest BCUT2D eigenvalue weighted by Gasteiger charge is 2.16. The molecule has 0 saturated carbocycles. The van der Waals surface area contributed by atoms with Crippen molar-refractivity contribution in [3.05, 3.63) is 36.5 Å². The minimum Gasteiger partial charge on any atom is -0.462 e. The van der Waals surface area contributed by atoms with Gasteiger partial charge in [-0.15, -0.1) is 0 Å². The fourth-order valence-electron chi connectivity index (χ4n) is 7.88. The normalized spacial score (nSPS) is 12.4. The molecule has 0 aliphatic heterocycles. The van der Waals surface area contributed by atoms with Crippen LogP contribution in [0.25, 0.3) is 0 Å². The molecule has 0 amide bonds.